The van der Waals surface area contributed by atoms with Gasteiger partial charge in [0.15, 0.2) is 0 Å². The Morgan fingerprint density at radius 3 is 2.47 bits per heavy atom. The molecule has 2 heterocycles. The molecule has 1 aliphatic heterocycles. The number of nitrogens with zero attached hydrogens (tertiary/aromatic N) is 5. The lowest BCUT2D eigenvalue weighted by Crippen LogP contribution is -2.47. The molecule has 6 heteroatoms. The predicted octanol–water partition coefficient (Wildman–Crippen LogP) is -0.797. The first-order valence-corrected chi connectivity index (χ1v) is 5.00. The predicted molar refractivity (Wildman–Crippen MR) is 54.4 cm³/mol. The molecule has 0 aliphatic carbocycles. The van der Waals surface area contributed by atoms with Crippen LogP contribution in [0.4, 0.5) is 0 Å². The van der Waals surface area contributed by atoms with Crippen molar-refractivity contribution in [2.24, 2.45) is 7.05 Å². The number of aryl methyl sites for hydroxylation is 1. The van der Waals surface area contributed by atoms with Gasteiger partial charge in [-0.15, -0.1) is 5.10 Å². The van der Waals surface area contributed by atoms with E-state index in [4.69, 9.17) is 0 Å². The Balaban J connectivity index is 2.02. The molecule has 0 bridgehead atoms. The minimum Gasteiger partial charge on any atom is -0.333 e. The van der Waals surface area contributed by atoms with Crippen LogP contribution in [0.5, 0.6) is 0 Å². The van der Waals surface area contributed by atoms with Gasteiger partial charge in [-0.1, -0.05) is 0 Å². The Labute approximate surface area is 88.5 Å². The molecule has 0 spiro atoms. The van der Waals surface area contributed by atoms with Gasteiger partial charge in [-0.3, -0.25) is 9.48 Å². The van der Waals surface area contributed by atoms with Gasteiger partial charge in [0.05, 0.1) is 0 Å². The number of hydrogen-bond donors (Lipinski definition) is 0. The summed E-state index contributed by atoms with van der Waals surface area (Å²) in [5, 5.41) is 4.01. The zero-order valence-corrected chi connectivity index (χ0v) is 9.05. The average Bonchev–Trinajstić information content (AvgIpc) is 2.65. The smallest absolute Gasteiger partial charge is 0.293 e. The van der Waals surface area contributed by atoms with Crippen molar-refractivity contribution < 1.29 is 4.79 Å². The highest BCUT2D eigenvalue weighted by Gasteiger charge is 2.22. The van der Waals surface area contributed by atoms with Gasteiger partial charge in [0, 0.05) is 33.2 Å². The molecule has 1 aliphatic rings. The second-order valence-corrected chi connectivity index (χ2v) is 3.84. The van der Waals surface area contributed by atoms with E-state index in [9.17, 15) is 4.79 Å². The second kappa shape index (κ2) is 3.98. The number of carbonyl (C=O) groups is 1. The van der Waals surface area contributed by atoms with E-state index in [2.05, 4.69) is 22.0 Å². The van der Waals surface area contributed by atoms with Crippen molar-refractivity contribution in [2.75, 3.05) is 33.2 Å². The van der Waals surface area contributed by atoms with Gasteiger partial charge in [-0.25, -0.2) is 4.98 Å². The SMILES string of the molecule is CN1CCN(C(=O)c2ncn(C)n2)CC1. The quantitative estimate of drug-likeness (QED) is 0.608. The van der Waals surface area contributed by atoms with Crippen molar-refractivity contribution in [3.8, 4) is 0 Å². The molecule has 0 radical (unpaired) electrons. The first-order valence-electron chi connectivity index (χ1n) is 5.00. The van der Waals surface area contributed by atoms with Gasteiger partial charge in [0.2, 0.25) is 5.82 Å². The van der Waals surface area contributed by atoms with Crippen LogP contribution < -0.4 is 0 Å². The summed E-state index contributed by atoms with van der Waals surface area (Å²) < 4.78 is 1.54. The van der Waals surface area contributed by atoms with Crippen LogP contribution >= 0.6 is 0 Å². The van der Waals surface area contributed by atoms with E-state index in [1.807, 2.05) is 0 Å². The number of carbonyl (C=O) groups excluding carboxylic acids is 1. The molecule has 1 fully saturated rings. The standard InChI is InChI=1S/C9H15N5O/c1-12-3-5-14(6-4-12)9(15)8-10-7-13(2)11-8/h7H,3-6H2,1-2H3. The van der Waals surface area contributed by atoms with Gasteiger partial charge in [0.1, 0.15) is 6.33 Å². The Morgan fingerprint density at radius 2 is 1.93 bits per heavy atom. The van der Waals surface area contributed by atoms with Crippen molar-refractivity contribution in [3.05, 3.63) is 12.2 Å². The van der Waals surface area contributed by atoms with E-state index >= 15 is 0 Å². The van der Waals surface area contributed by atoms with E-state index in [-0.39, 0.29) is 5.91 Å². The molecule has 82 valence electrons. The number of likely N-dealkylation sites (N-methyl/N-ethyl adjacent to an activating group) is 1. The molecule has 6 nitrogen and oxygen atoms in total. The zero-order chi connectivity index (χ0) is 10.8. The highest BCUT2D eigenvalue weighted by Crippen LogP contribution is 2.03. The fourth-order valence-corrected chi connectivity index (χ4v) is 1.59. The van der Waals surface area contributed by atoms with Gasteiger partial charge < -0.3 is 9.80 Å². The number of piperazine rings is 1. The van der Waals surface area contributed by atoms with Crippen molar-refractivity contribution in [3.63, 3.8) is 0 Å². The molecule has 0 saturated carbocycles. The number of aromatic nitrogens is 3. The van der Waals surface area contributed by atoms with E-state index in [1.165, 1.54) is 0 Å². The van der Waals surface area contributed by atoms with Crippen LogP contribution in [-0.2, 0) is 7.05 Å². The molecule has 1 amide bonds. The third-order valence-corrected chi connectivity index (χ3v) is 2.58. The second-order valence-electron chi connectivity index (χ2n) is 3.84. The summed E-state index contributed by atoms with van der Waals surface area (Å²) in [6.07, 6.45) is 1.54. The maximum atomic E-state index is 11.9. The van der Waals surface area contributed by atoms with Gasteiger partial charge in [0.25, 0.3) is 5.91 Å². The Bertz CT molecular complexity index is 353. The van der Waals surface area contributed by atoms with E-state index < -0.39 is 0 Å². The monoisotopic (exact) mass is 209 g/mol. The van der Waals surface area contributed by atoms with Crippen LogP contribution in [0.15, 0.2) is 6.33 Å². The van der Waals surface area contributed by atoms with Gasteiger partial charge in [-0.05, 0) is 7.05 Å². The maximum absolute atomic E-state index is 11.9. The van der Waals surface area contributed by atoms with Crippen molar-refractivity contribution >= 4 is 5.91 Å². The number of hydrogen-bond acceptors (Lipinski definition) is 4. The molecule has 0 N–H and O–H groups in total. The minimum atomic E-state index is -0.0660. The van der Waals surface area contributed by atoms with Crippen LogP contribution in [0, 0.1) is 0 Å². The van der Waals surface area contributed by atoms with Gasteiger partial charge >= 0.3 is 0 Å². The number of amides is 1. The summed E-state index contributed by atoms with van der Waals surface area (Å²) in [6.45, 7) is 3.35. The summed E-state index contributed by atoms with van der Waals surface area (Å²) >= 11 is 0. The highest BCUT2D eigenvalue weighted by atomic mass is 16.2. The molecule has 0 atom stereocenters. The van der Waals surface area contributed by atoms with Crippen LogP contribution in [0.25, 0.3) is 0 Å². The minimum absolute atomic E-state index is 0.0660. The zero-order valence-electron chi connectivity index (χ0n) is 9.05. The molecular formula is C9H15N5O. The molecule has 1 saturated heterocycles. The van der Waals surface area contributed by atoms with Gasteiger partial charge in [-0.2, -0.15) is 0 Å². The lowest BCUT2D eigenvalue weighted by Gasteiger charge is -2.31. The molecule has 0 aromatic carbocycles. The van der Waals surface area contributed by atoms with Crippen LogP contribution in [0.2, 0.25) is 0 Å². The van der Waals surface area contributed by atoms with E-state index in [0.717, 1.165) is 26.2 Å². The average molecular weight is 209 g/mol. The first-order chi connectivity index (χ1) is 7.16. The maximum Gasteiger partial charge on any atom is 0.293 e. The van der Waals surface area contributed by atoms with Crippen molar-refractivity contribution in [1.29, 1.82) is 0 Å². The summed E-state index contributed by atoms with van der Waals surface area (Å²) in [4.78, 5) is 19.9. The normalized spacial score (nSPS) is 18.1. The molecule has 0 unspecified atom stereocenters. The third kappa shape index (κ3) is 2.15. The van der Waals surface area contributed by atoms with Crippen LogP contribution in [0.3, 0.4) is 0 Å². The Kier molecular flexibility index (Phi) is 2.68. The van der Waals surface area contributed by atoms with Crippen molar-refractivity contribution in [1.82, 2.24) is 24.6 Å². The summed E-state index contributed by atoms with van der Waals surface area (Å²) in [5.74, 6) is 0.228. The van der Waals surface area contributed by atoms with E-state index in [1.54, 1.807) is 23.0 Å². The van der Waals surface area contributed by atoms with Crippen LogP contribution in [-0.4, -0.2) is 63.7 Å². The third-order valence-electron chi connectivity index (χ3n) is 2.58. The lowest BCUT2D eigenvalue weighted by atomic mass is 10.3. The molecule has 1 aromatic rings. The summed E-state index contributed by atoms with van der Waals surface area (Å²) in [6, 6.07) is 0. The van der Waals surface area contributed by atoms with Crippen molar-refractivity contribution in [2.45, 2.75) is 0 Å². The van der Waals surface area contributed by atoms with Crippen LogP contribution in [0.1, 0.15) is 10.6 Å². The largest absolute Gasteiger partial charge is 0.333 e. The summed E-state index contributed by atoms with van der Waals surface area (Å²) in [7, 11) is 3.81. The first kappa shape index (κ1) is 10.1. The van der Waals surface area contributed by atoms with E-state index in [0.29, 0.717) is 5.82 Å². The molecule has 2 rings (SSSR count). The topological polar surface area (TPSA) is 54.3 Å². The Morgan fingerprint density at radius 1 is 1.27 bits per heavy atom. The fourth-order valence-electron chi connectivity index (χ4n) is 1.59. The molecule has 1 aromatic heterocycles. The molecular weight excluding hydrogens is 194 g/mol. The lowest BCUT2D eigenvalue weighted by molar-refractivity contribution is 0.0651. The highest BCUT2D eigenvalue weighted by molar-refractivity contribution is 5.90. The Hall–Kier alpha value is -1.43. The number of rotatable bonds is 1. The summed E-state index contributed by atoms with van der Waals surface area (Å²) in [5.41, 5.74) is 0. The fraction of sp³-hybridized carbons (Fsp3) is 0.667. The molecule has 15 heavy (non-hydrogen) atoms.